The van der Waals surface area contributed by atoms with E-state index in [4.69, 9.17) is 0 Å². The molecule has 0 radical (unpaired) electrons. The summed E-state index contributed by atoms with van der Waals surface area (Å²) in [6.07, 6.45) is 10.4. The minimum Gasteiger partial charge on any atom is -0.349 e. The number of hydrogen-bond acceptors (Lipinski definition) is 2. The van der Waals surface area contributed by atoms with Gasteiger partial charge in [0, 0.05) is 23.2 Å². The molecule has 0 bridgehead atoms. The SMILES string of the molecule is Cc1cc(C(=O)NC2CCCCC2)ccc1C(=O)NC1CCCC1. The van der Waals surface area contributed by atoms with Gasteiger partial charge < -0.3 is 10.6 Å². The fourth-order valence-electron chi connectivity index (χ4n) is 3.91. The van der Waals surface area contributed by atoms with Gasteiger partial charge in [-0.2, -0.15) is 0 Å². The molecule has 3 rings (SSSR count). The standard InChI is InChI=1S/C20H28N2O2/c1-14-13-15(19(23)21-16-7-3-2-4-8-16)11-12-18(14)20(24)22-17-9-5-6-10-17/h11-13,16-17H,2-10H2,1H3,(H,21,23)(H,22,24). The summed E-state index contributed by atoms with van der Waals surface area (Å²) in [5.74, 6) is -0.0358. The first-order valence-electron chi connectivity index (χ1n) is 9.36. The maximum atomic E-state index is 12.4. The van der Waals surface area contributed by atoms with E-state index in [1.54, 1.807) is 12.1 Å². The summed E-state index contributed by atoms with van der Waals surface area (Å²) in [6.45, 7) is 1.90. The van der Waals surface area contributed by atoms with Gasteiger partial charge in [0.2, 0.25) is 0 Å². The number of aryl methyl sites for hydroxylation is 1. The van der Waals surface area contributed by atoms with Gasteiger partial charge in [-0.3, -0.25) is 9.59 Å². The first-order chi connectivity index (χ1) is 11.6. The van der Waals surface area contributed by atoms with Crippen LogP contribution in [-0.2, 0) is 0 Å². The molecule has 130 valence electrons. The van der Waals surface area contributed by atoms with Crippen LogP contribution < -0.4 is 10.6 Å². The first kappa shape index (κ1) is 17.0. The van der Waals surface area contributed by atoms with E-state index in [2.05, 4.69) is 10.6 Å². The van der Waals surface area contributed by atoms with Gasteiger partial charge in [0.25, 0.3) is 11.8 Å². The molecule has 2 saturated carbocycles. The van der Waals surface area contributed by atoms with E-state index < -0.39 is 0 Å². The lowest BCUT2D eigenvalue weighted by Crippen LogP contribution is -2.36. The molecule has 4 heteroatoms. The Balaban J connectivity index is 1.62. The Morgan fingerprint density at radius 1 is 0.833 bits per heavy atom. The molecule has 0 atom stereocenters. The fraction of sp³-hybridized carbons (Fsp3) is 0.600. The van der Waals surface area contributed by atoms with Crippen molar-refractivity contribution in [2.45, 2.75) is 76.8 Å². The largest absolute Gasteiger partial charge is 0.349 e. The third-order valence-electron chi connectivity index (χ3n) is 5.36. The highest BCUT2D eigenvalue weighted by Gasteiger charge is 2.20. The molecule has 4 nitrogen and oxygen atoms in total. The zero-order valence-corrected chi connectivity index (χ0v) is 14.6. The molecule has 1 aromatic rings. The highest BCUT2D eigenvalue weighted by atomic mass is 16.2. The Kier molecular flexibility index (Phi) is 5.54. The van der Waals surface area contributed by atoms with Crippen LogP contribution in [0.2, 0.25) is 0 Å². The van der Waals surface area contributed by atoms with Crippen LogP contribution in [0.5, 0.6) is 0 Å². The minimum absolute atomic E-state index is 0.0151. The van der Waals surface area contributed by atoms with Crippen LogP contribution in [0.15, 0.2) is 18.2 Å². The molecule has 2 aliphatic rings. The minimum atomic E-state index is -0.0206. The molecule has 1 aromatic carbocycles. The monoisotopic (exact) mass is 328 g/mol. The number of carbonyl (C=O) groups excluding carboxylic acids is 2. The van der Waals surface area contributed by atoms with Crippen molar-refractivity contribution < 1.29 is 9.59 Å². The Bertz CT molecular complexity index is 600. The average molecular weight is 328 g/mol. The maximum Gasteiger partial charge on any atom is 0.251 e. The molecular weight excluding hydrogens is 300 g/mol. The lowest BCUT2D eigenvalue weighted by molar-refractivity contribution is 0.0919. The Hall–Kier alpha value is -1.84. The van der Waals surface area contributed by atoms with Crippen LogP contribution in [0.4, 0.5) is 0 Å². The summed E-state index contributed by atoms with van der Waals surface area (Å²) in [5, 5.41) is 6.24. The number of nitrogens with one attached hydrogen (secondary N) is 2. The van der Waals surface area contributed by atoms with E-state index in [1.165, 1.54) is 32.1 Å². The molecule has 2 amide bonds. The Morgan fingerprint density at radius 3 is 1.96 bits per heavy atom. The molecule has 0 aromatic heterocycles. The summed E-state index contributed by atoms with van der Waals surface area (Å²) in [7, 11) is 0. The highest BCUT2D eigenvalue weighted by molar-refractivity contribution is 5.99. The Labute approximate surface area is 144 Å². The Morgan fingerprint density at radius 2 is 1.38 bits per heavy atom. The fourth-order valence-corrected chi connectivity index (χ4v) is 3.91. The molecule has 0 heterocycles. The number of carbonyl (C=O) groups is 2. The summed E-state index contributed by atoms with van der Waals surface area (Å²) < 4.78 is 0. The van der Waals surface area contributed by atoms with Crippen molar-refractivity contribution in [3.8, 4) is 0 Å². The molecule has 2 fully saturated rings. The zero-order valence-electron chi connectivity index (χ0n) is 14.6. The second-order valence-electron chi connectivity index (χ2n) is 7.29. The highest BCUT2D eigenvalue weighted by Crippen LogP contribution is 2.20. The van der Waals surface area contributed by atoms with Gasteiger partial charge in [-0.1, -0.05) is 32.1 Å². The van der Waals surface area contributed by atoms with Crippen molar-refractivity contribution >= 4 is 11.8 Å². The average Bonchev–Trinajstić information content (AvgIpc) is 3.08. The zero-order chi connectivity index (χ0) is 16.9. The van der Waals surface area contributed by atoms with Crippen LogP contribution in [0.25, 0.3) is 0 Å². The summed E-state index contributed by atoms with van der Waals surface area (Å²) in [4.78, 5) is 24.8. The van der Waals surface area contributed by atoms with Crippen molar-refractivity contribution in [3.63, 3.8) is 0 Å². The summed E-state index contributed by atoms with van der Waals surface area (Å²) in [6, 6.07) is 6.01. The van der Waals surface area contributed by atoms with Gasteiger partial charge >= 0.3 is 0 Å². The normalized spacial score (nSPS) is 19.2. The van der Waals surface area contributed by atoms with Crippen molar-refractivity contribution in [1.29, 1.82) is 0 Å². The van der Waals surface area contributed by atoms with Gasteiger partial charge in [-0.15, -0.1) is 0 Å². The molecule has 0 aliphatic heterocycles. The molecule has 0 unspecified atom stereocenters. The topological polar surface area (TPSA) is 58.2 Å². The van der Waals surface area contributed by atoms with Crippen molar-refractivity contribution in [2.75, 3.05) is 0 Å². The molecule has 2 N–H and O–H groups in total. The lowest BCUT2D eigenvalue weighted by Gasteiger charge is -2.23. The van der Waals surface area contributed by atoms with E-state index in [1.807, 2.05) is 13.0 Å². The molecule has 0 saturated heterocycles. The van der Waals surface area contributed by atoms with Crippen molar-refractivity contribution in [3.05, 3.63) is 34.9 Å². The van der Waals surface area contributed by atoms with Crippen LogP contribution in [0.3, 0.4) is 0 Å². The lowest BCUT2D eigenvalue weighted by atomic mass is 9.95. The second-order valence-corrected chi connectivity index (χ2v) is 7.29. The third kappa shape index (κ3) is 4.16. The van der Waals surface area contributed by atoms with Crippen LogP contribution in [0, 0.1) is 6.92 Å². The molecule has 24 heavy (non-hydrogen) atoms. The summed E-state index contributed by atoms with van der Waals surface area (Å²) >= 11 is 0. The van der Waals surface area contributed by atoms with Crippen molar-refractivity contribution in [1.82, 2.24) is 10.6 Å². The van der Waals surface area contributed by atoms with Crippen LogP contribution in [-0.4, -0.2) is 23.9 Å². The van der Waals surface area contributed by atoms with E-state index in [0.717, 1.165) is 31.2 Å². The predicted octanol–water partition coefficient (Wildman–Crippen LogP) is 3.73. The van der Waals surface area contributed by atoms with Gasteiger partial charge in [-0.05, 0) is 56.4 Å². The molecule has 0 spiro atoms. The van der Waals surface area contributed by atoms with E-state index in [-0.39, 0.29) is 11.8 Å². The number of hydrogen-bond donors (Lipinski definition) is 2. The number of benzene rings is 1. The van der Waals surface area contributed by atoms with E-state index >= 15 is 0 Å². The second kappa shape index (κ2) is 7.82. The van der Waals surface area contributed by atoms with Gasteiger partial charge in [0.1, 0.15) is 0 Å². The van der Waals surface area contributed by atoms with Gasteiger partial charge in [0.05, 0.1) is 0 Å². The van der Waals surface area contributed by atoms with Crippen molar-refractivity contribution in [2.24, 2.45) is 0 Å². The third-order valence-corrected chi connectivity index (χ3v) is 5.36. The molecular formula is C20H28N2O2. The quantitative estimate of drug-likeness (QED) is 0.885. The smallest absolute Gasteiger partial charge is 0.251 e. The molecule has 2 aliphatic carbocycles. The summed E-state index contributed by atoms with van der Waals surface area (Å²) in [5.41, 5.74) is 2.19. The van der Waals surface area contributed by atoms with Gasteiger partial charge in [0.15, 0.2) is 0 Å². The number of rotatable bonds is 4. The van der Waals surface area contributed by atoms with Crippen LogP contribution in [0.1, 0.15) is 84.1 Å². The van der Waals surface area contributed by atoms with E-state index in [0.29, 0.717) is 23.2 Å². The number of amides is 2. The van der Waals surface area contributed by atoms with E-state index in [9.17, 15) is 9.59 Å². The first-order valence-corrected chi connectivity index (χ1v) is 9.36. The maximum absolute atomic E-state index is 12.4. The van der Waals surface area contributed by atoms with Gasteiger partial charge in [-0.25, -0.2) is 0 Å². The van der Waals surface area contributed by atoms with Crippen LogP contribution >= 0.6 is 0 Å². The predicted molar refractivity (Wildman–Crippen MR) is 95.2 cm³/mol.